The van der Waals surface area contributed by atoms with Crippen molar-refractivity contribution >= 4 is 5.91 Å². The third kappa shape index (κ3) is 5.96. The second-order valence-electron chi connectivity index (χ2n) is 7.35. The summed E-state index contributed by atoms with van der Waals surface area (Å²) in [6.07, 6.45) is 5.20. The van der Waals surface area contributed by atoms with Crippen LogP contribution < -0.4 is 5.32 Å². The first-order valence-corrected chi connectivity index (χ1v) is 8.65. The lowest BCUT2D eigenvalue weighted by atomic mass is 9.98. The summed E-state index contributed by atoms with van der Waals surface area (Å²) in [5, 5.41) is 12.8. The van der Waals surface area contributed by atoms with Crippen molar-refractivity contribution in [3.05, 3.63) is 35.4 Å². The number of aryl methyl sites for hydroxylation is 1. The zero-order valence-electron chi connectivity index (χ0n) is 14.6. The van der Waals surface area contributed by atoms with E-state index in [-0.39, 0.29) is 5.91 Å². The number of amides is 1. The van der Waals surface area contributed by atoms with Gasteiger partial charge in [0.2, 0.25) is 0 Å². The van der Waals surface area contributed by atoms with Crippen LogP contribution in [0.5, 0.6) is 0 Å². The molecule has 1 aliphatic rings. The highest BCUT2D eigenvalue weighted by Crippen LogP contribution is 2.15. The van der Waals surface area contributed by atoms with Crippen LogP contribution in [0.1, 0.15) is 55.5 Å². The minimum Gasteiger partial charge on any atom is -0.390 e. The topological polar surface area (TPSA) is 52.6 Å². The summed E-state index contributed by atoms with van der Waals surface area (Å²) in [5.74, 6) is -0.00184. The lowest BCUT2D eigenvalue weighted by molar-refractivity contribution is 0.0713. The van der Waals surface area contributed by atoms with Crippen LogP contribution >= 0.6 is 0 Å². The number of nitrogens with one attached hydrogen (secondary N) is 1. The molecule has 128 valence electrons. The van der Waals surface area contributed by atoms with E-state index in [1.165, 1.54) is 12.8 Å². The molecule has 1 heterocycles. The zero-order chi connectivity index (χ0) is 16.9. The molecule has 0 radical (unpaired) electrons. The van der Waals surface area contributed by atoms with Crippen molar-refractivity contribution in [2.75, 3.05) is 20.1 Å². The predicted octanol–water partition coefficient (Wildman–Crippen LogP) is 2.60. The first-order valence-electron chi connectivity index (χ1n) is 8.65. The number of nitrogens with zero attached hydrogens (tertiary/aromatic N) is 1. The summed E-state index contributed by atoms with van der Waals surface area (Å²) in [6.45, 7) is 5.47. The third-order valence-corrected chi connectivity index (χ3v) is 4.66. The Morgan fingerprint density at radius 3 is 2.61 bits per heavy atom. The van der Waals surface area contributed by atoms with E-state index in [2.05, 4.69) is 17.3 Å². The van der Waals surface area contributed by atoms with Crippen LogP contribution in [0.2, 0.25) is 0 Å². The number of likely N-dealkylation sites (tertiary alicyclic amines) is 1. The minimum absolute atomic E-state index is 0.00184. The summed E-state index contributed by atoms with van der Waals surface area (Å²) < 4.78 is 0. The van der Waals surface area contributed by atoms with Crippen molar-refractivity contribution in [2.45, 2.75) is 57.6 Å². The molecule has 4 nitrogen and oxygen atoms in total. The van der Waals surface area contributed by atoms with E-state index in [1.807, 2.05) is 38.1 Å². The van der Waals surface area contributed by atoms with E-state index in [9.17, 15) is 9.90 Å². The number of carbonyl (C=O) groups is 1. The van der Waals surface area contributed by atoms with Gasteiger partial charge in [-0.05, 0) is 70.8 Å². The van der Waals surface area contributed by atoms with Gasteiger partial charge in [-0.15, -0.1) is 0 Å². The largest absolute Gasteiger partial charge is 0.390 e. The molecule has 4 heteroatoms. The molecule has 1 saturated heterocycles. The van der Waals surface area contributed by atoms with Gasteiger partial charge in [0.1, 0.15) is 0 Å². The SMILES string of the molecule is CN1CCCC[C@@H]1CNC(=O)c1ccc(CCC(C)(C)O)cc1. The third-order valence-electron chi connectivity index (χ3n) is 4.66. The molecule has 2 rings (SSSR count). The molecule has 0 saturated carbocycles. The molecular weight excluding hydrogens is 288 g/mol. The van der Waals surface area contributed by atoms with Crippen molar-refractivity contribution < 1.29 is 9.90 Å². The van der Waals surface area contributed by atoms with Crippen LogP contribution in [0.25, 0.3) is 0 Å². The van der Waals surface area contributed by atoms with Gasteiger partial charge in [-0.25, -0.2) is 0 Å². The van der Waals surface area contributed by atoms with Crippen molar-refractivity contribution in [1.82, 2.24) is 10.2 Å². The molecule has 1 aromatic carbocycles. The molecule has 0 aliphatic carbocycles. The Bertz CT molecular complexity index is 505. The van der Waals surface area contributed by atoms with E-state index >= 15 is 0 Å². The molecule has 1 atom stereocenters. The van der Waals surface area contributed by atoms with Crippen LogP contribution in [0.15, 0.2) is 24.3 Å². The second-order valence-corrected chi connectivity index (χ2v) is 7.35. The molecular formula is C19H30N2O2. The molecule has 0 spiro atoms. The maximum Gasteiger partial charge on any atom is 0.251 e. The smallest absolute Gasteiger partial charge is 0.251 e. The normalized spacial score (nSPS) is 19.6. The predicted molar refractivity (Wildman–Crippen MR) is 93.7 cm³/mol. The number of piperidine rings is 1. The Balaban J connectivity index is 1.82. The number of hydrogen-bond donors (Lipinski definition) is 2. The van der Waals surface area contributed by atoms with E-state index in [0.29, 0.717) is 18.0 Å². The Kier molecular flexibility index (Phi) is 6.19. The van der Waals surface area contributed by atoms with E-state index < -0.39 is 5.60 Å². The van der Waals surface area contributed by atoms with Crippen LogP contribution in [-0.4, -0.2) is 47.7 Å². The molecule has 0 bridgehead atoms. The van der Waals surface area contributed by atoms with Gasteiger partial charge < -0.3 is 15.3 Å². The van der Waals surface area contributed by atoms with Gasteiger partial charge in [-0.3, -0.25) is 4.79 Å². The Labute approximate surface area is 139 Å². The van der Waals surface area contributed by atoms with Crippen molar-refractivity contribution in [1.29, 1.82) is 0 Å². The van der Waals surface area contributed by atoms with Gasteiger partial charge in [0.25, 0.3) is 5.91 Å². The lowest BCUT2D eigenvalue weighted by Crippen LogP contribution is -2.44. The van der Waals surface area contributed by atoms with Crippen molar-refractivity contribution in [3.8, 4) is 0 Å². The fraction of sp³-hybridized carbons (Fsp3) is 0.632. The number of hydrogen-bond acceptors (Lipinski definition) is 3. The monoisotopic (exact) mass is 318 g/mol. The van der Waals surface area contributed by atoms with Gasteiger partial charge in [0.15, 0.2) is 0 Å². The number of aliphatic hydroxyl groups is 1. The summed E-state index contributed by atoms with van der Waals surface area (Å²) in [7, 11) is 2.13. The van der Waals surface area contributed by atoms with Crippen LogP contribution in [0.3, 0.4) is 0 Å². The molecule has 1 amide bonds. The molecule has 2 N–H and O–H groups in total. The summed E-state index contributed by atoms with van der Waals surface area (Å²) in [5.41, 5.74) is 1.20. The van der Waals surface area contributed by atoms with Gasteiger partial charge in [-0.2, -0.15) is 0 Å². The highest BCUT2D eigenvalue weighted by atomic mass is 16.3. The molecule has 0 aromatic heterocycles. The maximum atomic E-state index is 12.3. The highest BCUT2D eigenvalue weighted by Gasteiger charge is 2.19. The fourth-order valence-electron chi connectivity index (χ4n) is 2.99. The fourth-order valence-corrected chi connectivity index (χ4v) is 2.99. The van der Waals surface area contributed by atoms with E-state index in [4.69, 9.17) is 0 Å². The van der Waals surface area contributed by atoms with Gasteiger partial charge in [0, 0.05) is 18.2 Å². The first-order chi connectivity index (χ1) is 10.8. The second kappa shape index (κ2) is 7.93. The van der Waals surface area contributed by atoms with E-state index in [0.717, 1.165) is 31.5 Å². The number of likely N-dealkylation sites (N-methyl/N-ethyl adjacent to an activating group) is 1. The Morgan fingerprint density at radius 1 is 1.30 bits per heavy atom. The quantitative estimate of drug-likeness (QED) is 0.848. The van der Waals surface area contributed by atoms with Crippen LogP contribution in [-0.2, 0) is 6.42 Å². The number of carbonyl (C=O) groups excluding carboxylic acids is 1. The summed E-state index contributed by atoms with van der Waals surface area (Å²) in [6, 6.07) is 8.17. The van der Waals surface area contributed by atoms with Crippen molar-refractivity contribution in [2.24, 2.45) is 0 Å². The van der Waals surface area contributed by atoms with Gasteiger partial charge in [0.05, 0.1) is 5.60 Å². The lowest BCUT2D eigenvalue weighted by Gasteiger charge is -2.32. The van der Waals surface area contributed by atoms with E-state index in [1.54, 1.807) is 0 Å². The number of benzene rings is 1. The van der Waals surface area contributed by atoms with Crippen LogP contribution in [0, 0.1) is 0 Å². The van der Waals surface area contributed by atoms with Gasteiger partial charge >= 0.3 is 0 Å². The average Bonchev–Trinajstić information content (AvgIpc) is 2.52. The minimum atomic E-state index is -0.651. The van der Waals surface area contributed by atoms with Gasteiger partial charge in [-0.1, -0.05) is 18.6 Å². The Hall–Kier alpha value is -1.39. The highest BCUT2D eigenvalue weighted by molar-refractivity contribution is 5.94. The van der Waals surface area contributed by atoms with Crippen LogP contribution in [0.4, 0.5) is 0 Å². The summed E-state index contributed by atoms with van der Waals surface area (Å²) >= 11 is 0. The molecule has 1 aromatic rings. The molecule has 1 fully saturated rings. The number of rotatable bonds is 6. The Morgan fingerprint density at radius 2 is 2.00 bits per heavy atom. The molecule has 23 heavy (non-hydrogen) atoms. The molecule has 0 unspecified atom stereocenters. The zero-order valence-corrected chi connectivity index (χ0v) is 14.6. The standard InChI is InChI=1S/C19H30N2O2/c1-19(2,23)12-11-15-7-9-16(10-8-15)18(22)20-14-17-6-4-5-13-21(17)3/h7-10,17,23H,4-6,11-14H2,1-3H3,(H,20,22)/t17-/m1/s1. The molecule has 1 aliphatic heterocycles. The van der Waals surface area contributed by atoms with Crippen molar-refractivity contribution in [3.63, 3.8) is 0 Å². The summed E-state index contributed by atoms with van der Waals surface area (Å²) in [4.78, 5) is 14.6. The first kappa shape index (κ1) is 18.0. The maximum absolute atomic E-state index is 12.3. The average molecular weight is 318 g/mol.